The first-order chi connectivity index (χ1) is 6.29. The van der Waals surface area contributed by atoms with Crippen molar-refractivity contribution in [2.45, 2.75) is 0 Å². The zero-order valence-corrected chi connectivity index (χ0v) is 7.05. The molecular formula is C7H8N6. The summed E-state index contributed by atoms with van der Waals surface area (Å²) in [5.74, 6) is 0.976. The van der Waals surface area contributed by atoms with E-state index in [4.69, 9.17) is 5.73 Å². The Morgan fingerprint density at radius 3 is 2.69 bits per heavy atom. The molecule has 0 saturated carbocycles. The number of nitrogen functional groups attached to an aromatic ring is 1. The van der Waals surface area contributed by atoms with Gasteiger partial charge in [-0.3, -0.25) is 0 Å². The standard InChI is InChI=1S/C7H8N6/c1-13-4-11-12-7(13)5-6(8)10-3-2-9-5/h2-4H,1H3,(H2,8,10). The maximum Gasteiger partial charge on any atom is 0.185 e. The Balaban J connectivity index is 2.59. The minimum atomic E-state index is 0.360. The lowest BCUT2D eigenvalue weighted by atomic mass is 10.4. The molecule has 6 heteroatoms. The molecule has 2 rings (SSSR count). The van der Waals surface area contributed by atoms with E-state index >= 15 is 0 Å². The molecule has 2 heterocycles. The van der Waals surface area contributed by atoms with Crippen molar-refractivity contribution in [3.63, 3.8) is 0 Å². The number of hydrogen-bond acceptors (Lipinski definition) is 5. The van der Waals surface area contributed by atoms with Crippen molar-refractivity contribution in [3.8, 4) is 11.5 Å². The summed E-state index contributed by atoms with van der Waals surface area (Å²) >= 11 is 0. The van der Waals surface area contributed by atoms with Gasteiger partial charge in [0.05, 0.1) is 0 Å². The summed E-state index contributed by atoms with van der Waals surface area (Å²) in [6, 6.07) is 0. The maximum atomic E-state index is 5.63. The molecule has 66 valence electrons. The van der Waals surface area contributed by atoms with E-state index in [0.29, 0.717) is 17.3 Å². The second-order valence-electron chi connectivity index (χ2n) is 2.56. The molecule has 2 aromatic rings. The zero-order valence-electron chi connectivity index (χ0n) is 7.05. The Morgan fingerprint density at radius 2 is 2.08 bits per heavy atom. The molecule has 2 aromatic heterocycles. The van der Waals surface area contributed by atoms with Crippen LogP contribution < -0.4 is 5.73 Å². The average Bonchev–Trinajstić information content (AvgIpc) is 2.52. The molecule has 0 saturated heterocycles. The topological polar surface area (TPSA) is 82.5 Å². The van der Waals surface area contributed by atoms with Gasteiger partial charge in [-0.2, -0.15) is 0 Å². The predicted octanol–water partition coefficient (Wildman–Crippen LogP) is -0.146. The summed E-state index contributed by atoms with van der Waals surface area (Å²) in [6.07, 6.45) is 4.69. The van der Waals surface area contributed by atoms with Crippen molar-refractivity contribution in [3.05, 3.63) is 18.7 Å². The fourth-order valence-electron chi connectivity index (χ4n) is 1.02. The molecular weight excluding hydrogens is 168 g/mol. The van der Waals surface area contributed by atoms with Crippen molar-refractivity contribution < 1.29 is 0 Å². The monoisotopic (exact) mass is 176 g/mol. The molecule has 0 radical (unpaired) electrons. The number of nitrogens with zero attached hydrogens (tertiary/aromatic N) is 5. The van der Waals surface area contributed by atoms with Crippen molar-refractivity contribution >= 4 is 5.82 Å². The van der Waals surface area contributed by atoms with E-state index in [9.17, 15) is 0 Å². The third-order valence-corrected chi connectivity index (χ3v) is 1.65. The highest BCUT2D eigenvalue weighted by Gasteiger charge is 2.09. The smallest absolute Gasteiger partial charge is 0.185 e. The molecule has 0 aromatic carbocycles. The summed E-state index contributed by atoms with van der Waals surface area (Å²) in [5, 5.41) is 7.61. The van der Waals surface area contributed by atoms with E-state index in [-0.39, 0.29) is 0 Å². The van der Waals surface area contributed by atoms with Gasteiger partial charge in [-0.05, 0) is 0 Å². The van der Waals surface area contributed by atoms with E-state index in [2.05, 4.69) is 20.2 Å². The molecule has 0 amide bonds. The fourth-order valence-corrected chi connectivity index (χ4v) is 1.02. The fraction of sp³-hybridized carbons (Fsp3) is 0.143. The SMILES string of the molecule is Cn1cnnc1-c1nccnc1N. The number of rotatable bonds is 1. The molecule has 6 nitrogen and oxygen atoms in total. The highest BCUT2D eigenvalue weighted by Crippen LogP contribution is 2.16. The van der Waals surface area contributed by atoms with E-state index in [1.54, 1.807) is 17.1 Å². The molecule has 2 N–H and O–H groups in total. The highest BCUT2D eigenvalue weighted by molar-refractivity contribution is 5.62. The molecule has 0 atom stereocenters. The van der Waals surface area contributed by atoms with E-state index in [1.807, 2.05) is 7.05 Å². The molecule has 0 spiro atoms. The van der Waals surface area contributed by atoms with Crippen LogP contribution in [0, 0.1) is 0 Å². The number of anilines is 1. The Kier molecular flexibility index (Phi) is 1.66. The minimum Gasteiger partial charge on any atom is -0.382 e. The van der Waals surface area contributed by atoms with Gasteiger partial charge in [0.1, 0.15) is 12.0 Å². The second-order valence-corrected chi connectivity index (χ2v) is 2.56. The van der Waals surface area contributed by atoms with Crippen LogP contribution in [-0.2, 0) is 7.05 Å². The van der Waals surface area contributed by atoms with Crippen molar-refractivity contribution in [1.29, 1.82) is 0 Å². The summed E-state index contributed by atoms with van der Waals surface area (Å²) in [5.41, 5.74) is 6.18. The largest absolute Gasteiger partial charge is 0.382 e. The van der Waals surface area contributed by atoms with Gasteiger partial charge in [-0.25, -0.2) is 9.97 Å². The van der Waals surface area contributed by atoms with Crippen LogP contribution in [-0.4, -0.2) is 24.7 Å². The number of nitrogens with two attached hydrogens (primary N) is 1. The summed E-state index contributed by atoms with van der Waals surface area (Å²) in [7, 11) is 1.82. The van der Waals surface area contributed by atoms with Gasteiger partial charge in [0, 0.05) is 19.4 Å². The van der Waals surface area contributed by atoms with Gasteiger partial charge < -0.3 is 10.3 Å². The Labute approximate surface area is 74.5 Å². The third kappa shape index (κ3) is 1.22. The minimum absolute atomic E-state index is 0.360. The normalized spacial score (nSPS) is 10.2. The third-order valence-electron chi connectivity index (χ3n) is 1.65. The highest BCUT2D eigenvalue weighted by atomic mass is 15.3. The summed E-state index contributed by atoms with van der Waals surface area (Å²) < 4.78 is 1.74. The zero-order chi connectivity index (χ0) is 9.26. The molecule has 0 aliphatic rings. The van der Waals surface area contributed by atoms with Gasteiger partial charge >= 0.3 is 0 Å². The maximum absolute atomic E-state index is 5.63. The molecule has 0 fully saturated rings. The lowest BCUT2D eigenvalue weighted by Gasteiger charge is -2.00. The van der Waals surface area contributed by atoms with Crippen molar-refractivity contribution in [2.75, 3.05) is 5.73 Å². The van der Waals surface area contributed by atoms with Crippen LogP contribution >= 0.6 is 0 Å². The molecule has 0 aliphatic carbocycles. The molecule has 0 aliphatic heterocycles. The summed E-state index contributed by atoms with van der Waals surface area (Å²) in [6.45, 7) is 0. The van der Waals surface area contributed by atoms with Crippen molar-refractivity contribution in [2.24, 2.45) is 7.05 Å². The first-order valence-corrected chi connectivity index (χ1v) is 3.70. The van der Waals surface area contributed by atoms with Crippen LogP contribution in [0.3, 0.4) is 0 Å². The van der Waals surface area contributed by atoms with Crippen LogP contribution in [0.4, 0.5) is 5.82 Å². The van der Waals surface area contributed by atoms with Crippen LogP contribution in [0.25, 0.3) is 11.5 Å². The van der Waals surface area contributed by atoms with Gasteiger partial charge in [-0.1, -0.05) is 0 Å². The molecule has 0 bridgehead atoms. The van der Waals surface area contributed by atoms with Crippen LogP contribution in [0.2, 0.25) is 0 Å². The van der Waals surface area contributed by atoms with Crippen LogP contribution in [0.5, 0.6) is 0 Å². The quantitative estimate of drug-likeness (QED) is 0.653. The average molecular weight is 176 g/mol. The van der Waals surface area contributed by atoms with Crippen LogP contribution in [0.15, 0.2) is 18.7 Å². The Hall–Kier alpha value is -1.98. The number of hydrogen-bond donors (Lipinski definition) is 1. The molecule has 13 heavy (non-hydrogen) atoms. The first kappa shape index (κ1) is 7.66. The number of aromatic nitrogens is 5. The van der Waals surface area contributed by atoms with E-state index in [1.165, 1.54) is 6.20 Å². The van der Waals surface area contributed by atoms with Gasteiger partial charge in [-0.15, -0.1) is 10.2 Å². The van der Waals surface area contributed by atoms with Crippen molar-refractivity contribution in [1.82, 2.24) is 24.7 Å². The Morgan fingerprint density at radius 1 is 1.31 bits per heavy atom. The summed E-state index contributed by atoms with van der Waals surface area (Å²) in [4.78, 5) is 7.98. The van der Waals surface area contributed by atoms with Gasteiger partial charge in [0.15, 0.2) is 11.6 Å². The van der Waals surface area contributed by atoms with Crippen LogP contribution in [0.1, 0.15) is 0 Å². The number of aryl methyl sites for hydroxylation is 1. The van der Waals surface area contributed by atoms with Gasteiger partial charge in [0.25, 0.3) is 0 Å². The van der Waals surface area contributed by atoms with E-state index in [0.717, 1.165) is 0 Å². The van der Waals surface area contributed by atoms with Gasteiger partial charge in [0.2, 0.25) is 0 Å². The van der Waals surface area contributed by atoms with E-state index < -0.39 is 0 Å². The second kappa shape index (κ2) is 2.81. The lowest BCUT2D eigenvalue weighted by molar-refractivity contribution is 0.912. The lowest BCUT2D eigenvalue weighted by Crippen LogP contribution is -2.00. The molecule has 0 unspecified atom stereocenters. The first-order valence-electron chi connectivity index (χ1n) is 3.70. The Bertz CT molecular complexity index is 420. The predicted molar refractivity (Wildman–Crippen MR) is 46.4 cm³/mol.